The Morgan fingerprint density at radius 3 is 2.72 bits per heavy atom. The maximum atomic E-state index is 10.4. The molecule has 1 fully saturated rings. The zero-order valence-electron chi connectivity index (χ0n) is 11.4. The fourth-order valence-corrected chi connectivity index (χ4v) is 3.66. The highest BCUT2D eigenvalue weighted by molar-refractivity contribution is 7.99. The van der Waals surface area contributed by atoms with Gasteiger partial charge in [-0.1, -0.05) is 6.92 Å². The van der Waals surface area contributed by atoms with E-state index in [0.717, 1.165) is 30.7 Å². The van der Waals surface area contributed by atoms with Crippen LogP contribution >= 0.6 is 24.2 Å². The van der Waals surface area contributed by atoms with Crippen LogP contribution in [-0.2, 0) is 4.79 Å². The Hall–Kier alpha value is 0.0700. The maximum absolute atomic E-state index is 10.4. The molecule has 0 aromatic heterocycles. The molecule has 1 rings (SSSR count). The quantitative estimate of drug-likeness (QED) is 0.698. The van der Waals surface area contributed by atoms with Crippen molar-refractivity contribution >= 4 is 30.1 Å². The van der Waals surface area contributed by atoms with Crippen LogP contribution in [0.1, 0.15) is 45.4 Å². The van der Waals surface area contributed by atoms with E-state index in [1.807, 2.05) is 0 Å². The number of carboxylic acid groups (broad SMARTS) is 1. The number of rotatable bonds is 8. The highest BCUT2D eigenvalue weighted by Crippen LogP contribution is 2.32. The van der Waals surface area contributed by atoms with Crippen molar-refractivity contribution in [2.75, 3.05) is 19.3 Å². The van der Waals surface area contributed by atoms with E-state index in [1.165, 1.54) is 25.0 Å². The summed E-state index contributed by atoms with van der Waals surface area (Å²) in [7, 11) is 2.18. The Morgan fingerprint density at radius 1 is 1.39 bits per heavy atom. The number of hydrogen-bond acceptors (Lipinski definition) is 3. The second kappa shape index (κ2) is 9.93. The zero-order valence-corrected chi connectivity index (χ0v) is 13.1. The highest BCUT2D eigenvalue weighted by Gasteiger charge is 2.26. The molecule has 1 N–H and O–H groups in total. The minimum Gasteiger partial charge on any atom is -0.481 e. The molecule has 0 aromatic rings. The van der Waals surface area contributed by atoms with E-state index in [-0.39, 0.29) is 12.4 Å². The average Bonchev–Trinajstić information content (AvgIpc) is 2.73. The average molecular weight is 296 g/mol. The van der Waals surface area contributed by atoms with Gasteiger partial charge in [-0.25, -0.2) is 0 Å². The lowest BCUT2D eigenvalue weighted by atomic mass is 10.2. The van der Waals surface area contributed by atoms with Gasteiger partial charge in [-0.3, -0.25) is 4.79 Å². The van der Waals surface area contributed by atoms with Crippen LogP contribution in [-0.4, -0.2) is 46.6 Å². The lowest BCUT2D eigenvalue weighted by molar-refractivity contribution is -0.137. The molecule has 1 aliphatic carbocycles. The third-order valence-corrected chi connectivity index (χ3v) is 4.77. The van der Waals surface area contributed by atoms with Crippen molar-refractivity contribution in [1.29, 1.82) is 0 Å². The van der Waals surface area contributed by atoms with Gasteiger partial charge in [0.2, 0.25) is 0 Å². The molecule has 0 amide bonds. The van der Waals surface area contributed by atoms with Gasteiger partial charge in [-0.15, -0.1) is 12.4 Å². The molecule has 0 saturated heterocycles. The van der Waals surface area contributed by atoms with Gasteiger partial charge in [0.1, 0.15) is 0 Å². The van der Waals surface area contributed by atoms with Crippen molar-refractivity contribution in [3.8, 4) is 0 Å². The maximum Gasteiger partial charge on any atom is 0.303 e. The molecule has 0 aromatic carbocycles. The van der Waals surface area contributed by atoms with Gasteiger partial charge in [0.05, 0.1) is 0 Å². The minimum absolute atomic E-state index is 0. The van der Waals surface area contributed by atoms with E-state index < -0.39 is 5.97 Å². The summed E-state index contributed by atoms with van der Waals surface area (Å²) in [6, 6.07) is 0.726. The van der Waals surface area contributed by atoms with Gasteiger partial charge in [0.25, 0.3) is 0 Å². The van der Waals surface area contributed by atoms with Crippen molar-refractivity contribution < 1.29 is 9.90 Å². The molecule has 18 heavy (non-hydrogen) atoms. The molecule has 2 atom stereocenters. The standard InChI is InChI=1S/C13H25NO2S.ClH/c1-3-17-12-8-7-11(10-12)14(2)9-5-4-6-13(15)16;/h11-12H,3-10H2,1-2H3,(H,15,16);1H. The highest BCUT2D eigenvalue weighted by atomic mass is 35.5. The summed E-state index contributed by atoms with van der Waals surface area (Å²) >= 11 is 2.09. The SMILES string of the molecule is CCSC1CCC(N(C)CCCCC(=O)O)C1.Cl. The van der Waals surface area contributed by atoms with Crippen molar-refractivity contribution in [3.05, 3.63) is 0 Å². The number of unbranched alkanes of at least 4 members (excludes halogenated alkanes) is 1. The summed E-state index contributed by atoms with van der Waals surface area (Å²) in [5, 5.41) is 9.42. The summed E-state index contributed by atoms with van der Waals surface area (Å²) in [5.41, 5.74) is 0. The minimum atomic E-state index is -0.673. The molecule has 5 heteroatoms. The normalized spacial score (nSPS) is 23.1. The molecular weight excluding hydrogens is 270 g/mol. The van der Waals surface area contributed by atoms with Crippen LogP contribution in [0.25, 0.3) is 0 Å². The predicted molar refractivity (Wildman–Crippen MR) is 80.9 cm³/mol. The molecule has 3 nitrogen and oxygen atoms in total. The fraction of sp³-hybridized carbons (Fsp3) is 0.923. The monoisotopic (exact) mass is 295 g/mol. The van der Waals surface area contributed by atoms with Crippen molar-refractivity contribution in [2.45, 2.75) is 56.7 Å². The summed E-state index contributed by atoms with van der Waals surface area (Å²) in [4.78, 5) is 12.8. The number of thioether (sulfide) groups is 1. The summed E-state index contributed by atoms with van der Waals surface area (Å²) < 4.78 is 0. The molecule has 0 aliphatic heterocycles. The summed E-state index contributed by atoms with van der Waals surface area (Å²) in [6.07, 6.45) is 6.10. The largest absolute Gasteiger partial charge is 0.481 e. The third-order valence-electron chi connectivity index (χ3n) is 3.53. The molecule has 0 radical (unpaired) electrons. The molecule has 108 valence electrons. The number of aliphatic carboxylic acids is 1. The van der Waals surface area contributed by atoms with Gasteiger partial charge in [0, 0.05) is 17.7 Å². The summed E-state index contributed by atoms with van der Waals surface area (Å²) in [6.45, 7) is 3.27. The molecule has 0 bridgehead atoms. The van der Waals surface area contributed by atoms with E-state index >= 15 is 0 Å². The Morgan fingerprint density at radius 2 is 2.11 bits per heavy atom. The van der Waals surface area contributed by atoms with E-state index in [9.17, 15) is 4.79 Å². The first kappa shape index (κ1) is 18.1. The lowest BCUT2D eigenvalue weighted by Crippen LogP contribution is -2.30. The topological polar surface area (TPSA) is 40.5 Å². The Bertz CT molecular complexity index is 241. The Balaban J connectivity index is 0.00000289. The fourth-order valence-electron chi connectivity index (χ4n) is 2.52. The molecule has 0 heterocycles. The number of carboxylic acids is 1. The van der Waals surface area contributed by atoms with Gasteiger partial charge >= 0.3 is 5.97 Å². The third kappa shape index (κ3) is 6.86. The second-order valence-electron chi connectivity index (χ2n) is 4.88. The van der Waals surface area contributed by atoms with E-state index in [1.54, 1.807) is 0 Å². The zero-order chi connectivity index (χ0) is 12.7. The predicted octanol–water partition coefficient (Wildman–Crippen LogP) is 3.27. The van der Waals surface area contributed by atoms with Gasteiger partial charge in [0.15, 0.2) is 0 Å². The summed E-state index contributed by atoms with van der Waals surface area (Å²) in [5.74, 6) is 0.549. The number of nitrogens with zero attached hydrogens (tertiary/aromatic N) is 1. The first-order chi connectivity index (χ1) is 8.13. The first-order valence-electron chi connectivity index (χ1n) is 6.67. The van der Waals surface area contributed by atoms with Gasteiger partial charge in [-0.05, 0) is 51.4 Å². The molecule has 2 unspecified atom stereocenters. The number of hydrogen-bond donors (Lipinski definition) is 1. The van der Waals surface area contributed by atoms with Crippen molar-refractivity contribution in [3.63, 3.8) is 0 Å². The second-order valence-corrected chi connectivity index (χ2v) is 6.45. The van der Waals surface area contributed by atoms with E-state index in [4.69, 9.17) is 5.11 Å². The van der Waals surface area contributed by atoms with E-state index in [2.05, 4.69) is 30.6 Å². The smallest absolute Gasteiger partial charge is 0.303 e. The van der Waals surface area contributed by atoms with Crippen molar-refractivity contribution in [2.24, 2.45) is 0 Å². The van der Waals surface area contributed by atoms with Crippen LogP contribution in [0.15, 0.2) is 0 Å². The molecule has 1 aliphatic rings. The number of halogens is 1. The molecule has 1 saturated carbocycles. The van der Waals surface area contributed by atoms with Crippen LogP contribution < -0.4 is 0 Å². The van der Waals surface area contributed by atoms with Crippen molar-refractivity contribution in [1.82, 2.24) is 4.90 Å². The van der Waals surface area contributed by atoms with Crippen LogP contribution in [0.5, 0.6) is 0 Å². The Labute approximate surface area is 121 Å². The van der Waals surface area contributed by atoms with Gasteiger partial charge < -0.3 is 10.0 Å². The molecule has 0 spiro atoms. The van der Waals surface area contributed by atoms with Gasteiger partial charge in [-0.2, -0.15) is 11.8 Å². The molecular formula is C13H26ClNO2S. The number of carbonyl (C=O) groups is 1. The Kier molecular flexibility index (Phi) is 9.97. The lowest BCUT2D eigenvalue weighted by Gasteiger charge is -2.24. The van der Waals surface area contributed by atoms with Crippen LogP contribution in [0, 0.1) is 0 Å². The van der Waals surface area contributed by atoms with Crippen LogP contribution in [0.4, 0.5) is 0 Å². The van der Waals surface area contributed by atoms with E-state index in [0.29, 0.717) is 6.42 Å². The first-order valence-corrected chi connectivity index (χ1v) is 7.72. The van der Waals surface area contributed by atoms with Crippen LogP contribution in [0.3, 0.4) is 0 Å². The van der Waals surface area contributed by atoms with Crippen LogP contribution in [0.2, 0.25) is 0 Å².